The van der Waals surface area contributed by atoms with E-state index in [-0.39, 0.29) is 0 Å². The van der Waals surface area contributed by atoms with Crippen LogP contribution in [0.5, 0.6) is 5.75 Å². The average molecular weight is 298 g/mol. The van der Waals surface area contributed by atoms with E-state index in [1.165, 1.54) is 35.8 Å². The summed E-state index contributed by atoms with van der Waals surface area (Å²) in [5.74, 6) is 0.938. The zero-order chi connectivity index (χ0) is 12.3. The Bertz CT molecular complexity index is 380. The predicted molar refractivity (Wildman–Crippen MR) is 74.4 cm³/mol. The maximum atomic E-state index is 5.29. The lowest BCUT2D eigenvalue weighted by molar-refractivity contribution is 0.152. The van der Waals surface area contributed by atoms with Gasteiger partial charge in [0.25, 0.3) is 0 Å². The van der Waals surface area contributed by atoms with Crippen molar-refractivity contribution in [3.05, 3.63) is 28.2 Å². The first-order chi connectivity index (χ1) is 8.20. The van der Waals surface area contributed by atoms with E-state index in [2.05, 4.69) is 39.9 Å². The molecular formula is C14H20BrNO. The normalized spacial score (nSPS) is 21.5. The Hall–Kier alpha value is -0.540. The van der Waals surface area contributed by atoms with Crippen molar-refractivity contribution in [2.75, 3.05) is 13.7 Å². The van der Waals surface area contributed by atoms with Gasteiger partial charge < -0.3 is 4.74 Å². The van der Waals surface area contributed by atoms with Crippen molar-refractivity contribution in [3.63, 3.8) is 0 Å². The first-order valence-electron chi connectivity index (χ1n) is 6.27. The Labute approximate surface area is 112 Å². The highest BCUT2D eigenvalue weighted by molar-refractivity contribution is 9.10. The number of nitrogens with zero attached hydrogens (tertiary/aromatic N) is 1. The van der Waals surface area contributed by atoms with E-state index >= 15 is 0 Å². The molecule has 1 aromatic rings. The molecule has 0 bridgehead atoms. The minimum Gasteiger partial charge on any atom is -0.497 e. The lowest BCUT2D eigenvalue weighted by Gasteiger charge is -2.33. The second kappa shape index (κ2) is 5.87. The molecule has 0 spiro atoms. The standard InChI is InChI=1S/C14H20BrNO/c1-11-5-3-4-8-16(11)10-12-9-13(17-2)6-7-14(12)15/h6-7,9,11H,3-5,8,10H2,1-2H3. The quantitative estimate of drug-likeness (QED) is 0.841. The highest BCUT2D eigenvalue weighted by Gasteiger charge is 2.19. The minimum absolute atomic E-state index is 0.696. The van der Waals surface area contributed by atoms with Crippen LogP contribution < -0.4 is 4.74 Å². The van der Waals surface area contributed by atoms with Gasteiger partial charge in [0.2, 0.25) is 0 Å². The topological polar surface area (TPSA) is 12.5 Å². The van der Waals surface area contributed by atoms with Crippen LogP contribution in [0.25, 0.3) is 0 Å². The zero-order valence-corrected chi connectivity index (χ0v) is 12.2. The summed E-state index contributed by atoms with van der Waals surface area (Å²) in [5.41, 5.74) is 1.32. The lowest BCUT2D eigenvalue weighted by atomic mass is 10.0. The van der Waals surface area contributed by atoms with Crippen molar-refractivity contribution in [2.24, 2.45) is 0 Å². The predicted octanol–water partition coefficient (Wildman–Crippen LogP) is 3.83. The number of hydrogen-bond donors (Lipinski definition) is 0. The summed E-state index contributed by atoms with van der Waals surface area (Å²) in [5, 5.41) is 0. The Morgan fingerprint density at radius 3 is 2.94 bits per heavy atom. The van der Waals surface area contributed by atoms with E-state index in [0.29, 0.717) is 6.04 Å². The van der Waals surface area contributed by atoms with Crippen LogP contribution in [0, 0.1) is 0 Å². The maximum absolute atomic E-state index is 5.29. The fourth-order valence-corrected chi connectivity index (χ4v) is 2.78. The summed E-state index contributed by atoms with van der Waals surface area (Å²) in [6, 6.07) is 6.89. The second-order valence-corrected chi connectivity index (χ2v) is 5.63. The number of likely N-dealkylation sites (tertiary alicyclic amines) is 1. The van der Waals surface area contributed by atoms with Crippen LogP contribution in [0.3, 0.4) is 0 Å². The first-order valence-corrected chi connectivity index (χ1v) is 7.06. The minimum atomic E-state index is 0.696. The molecule has 0 N–H and O–H groups in total. The van der Waals surface area contributed by atoms with Crippen molar-refractivity contribution >= 4 is 15.9 Å². The van der Waals surface area contributed by atoms with Gasteiger partial charge in [-0.3, -0.25) is 4.90 Å². The molecule has 1 atom stereocenters. The summed E-state index contributed by atoms with van der Waals surface area (Å²) < 4.78 is 6.46. The highest BCUT2D eigenvalue weighted by atomic mass is 79.9. The van der Waals surface area contributed by atoms with Crippen molar-refractivity contribution in [3.8, 4) is 5.75 Å². The van der Waals surface area contributed by atoms with Gasteiger partial charge in [0.15, 0.2) is 0 Å². The fourth-order valence-electron chi connectivity index (χ4n) is 2.41. The SMILES string of the molecule is COc1ccc(Br)c(CN2CCCCC2C)c1. The van der Waals surface area contributed by atoms with Crippen molar-refractivity contribution in [1.29, 1.82) is 0 Å². The Morgan fingerprint density at radius 2 is 2.24 bits per heavy atom. The van der Waals surface area contributed by atoms with Gasteiger partial charge in [-0.05, 0) is 50.1 Å². The molecule has 0 amide bonds. The summed E-state index contributed by atoms with van der Waals surface area (Å²) in [4.78, 5) is 2.56. The number of halogens is 1. The molecular weight excluding hydrogens is 278 g/mol. The molecule has 1 fully saturated rings. The van der Waals surface area contributed by atoms with E-state index in [1.807, 2.05) is 6.07 Å². The van der Waals surface area contributed by atoms with Gasteiger partial charge in [0.1, 0.15) is 5.75 Å². The smallest absolute Gasteiger partial charge is 0.119 e. The third-order valence-corrected chi connectivity index (χ3v) is 4.34. The average Bonchev–Trinajstić information content (AvgIpc) is 2.35. The number of ether oxygens (including phenoxy) is 1. The van der Waals surface area contributed by atoms with Gasteiger partial charge in [0, 0.05) is 17.1 Å². The molecule has 1 saturated heterocycles. The molecule has 2 nitrogen and oxygen atoms in total. The van der Waals surface area contributed by atoms with Gasteiger partial charge >= 0.3 is 0 Å². The monoisotopic (exact) mass is 297 g/mol. The van der Waals surface area contributed by atoms with Crippen LogP contribution in [0.1, 0.15) is 31.7 Å². The molecule has 0 saturated carbocycles. The van der Waals surface area contributed by atoms with Crippen LogP contribution in [0.2, 0.25) is 0 Å². The highest BCUT2D eigenvalue weighted by Crippen LogP contribution is 2.26. The van der Waals surface area contributed by atoms with Crippen LogP contribution in [0.15, 0.2) is 22.7 Å². The molecule has 0 aliphatic carbocycles. The first kappa shape index (κ1) is 12.9. The van der Waals surface area contributed by atoms with Crippen LogP contribution >= 0.6 is 15.9 Å². The van der Waals surface area contributed by atoms with Crippen LogP contribution in [0.4, 0.5) is 0 Å². The Balaban J connectivity index is 2.11. The molecule has 1 heterocycles. The third-order valence-electron chi connectivity index (χ3n) is 3.57. The van der Waals surface area contributed by atoms with Crippen LogP contribution in [-0.4, -0.2) is 24.6 Å². The van der Waals surface area contributed by atoms with Gasteiger partial charge in [-0.15, -0.1) is 0 Å². The Morgan fingerprint density at radius 1 is 1.41 bits per heavy atom. The van der Waals surface area contributed by atoms with Gasteiger partial charge in [-0.25, -0.2) is 0 Å². The Kier molecular flexibility index (Phi) is 4.46. The summed E-state index contributed by atoms with van der Waals surface area (Å²) in [7, 11) is 1.72. The molecule has 1 aliphatic rings. The number of methoxy groups -OCH3 is 1. The van der Waals surface area contributed by atoms with E-state index in [9.17, 15) is 0 Å². The molecule has 17 heavy (non-hydrogen) atoms. The van der Waals surface area contributed by atoms with Crippen LogP contribution in [-0.2, 0) is 6.54 Å². The van der Waals surface area contributed by atoms with Gasteiger partial charge in [-0.2, -0.15) is 0 Å². The molecule has 1 aromatic carbocycles. The number of rotatable bonds is 3. The van der Waals surface area contributed by atoms with Gasteiger partial charge in [0.05, 0.1) is 7.11 Å². The summed E-state index contributed by atoms with van der Waals surface area (Å²) >= 11 is 3.62. The molecule has 0 aromatic heterocycles. The third kappa shape index (κ3) is 3.23. The molecule has 1 unspecified atom stereocenters. The lowest BCUT2D eigenvalue weighted by Crippen LogP contribution is -2.36. The van der Waals surface area contributed by atoms with E-state index < -0.39 is 0 Å². The molecule has 1 aliphatic heterocycles. The number of benzene rings is 1. The summed E-state index contributed by atoms with van der Waals surface area (Å²) in [6.45, 7) is 4.55. The van der Waals surface area contributed by atoms with E-state index in [1.54, 1.807) is 7.11 Å². The summed E-state index contributed by atoms with van der Waals surface area (Å²) in [6.07, 6.45) is 4.02. The second-order valence-electron chi connectivity index (χ2n) is 4.77. The zero-order valence-electron chi connectivity index (χ0n) is 10.6. The van der Waals surface area contributed by atoms with Crippen molar-refractivity contribution in [2.45, 2.75) is 38.8 Å². The van der Waals surface area contributed by atoms with Gasteiger partial charge in [-0.1, -0.05) is 22.4 Å². The molecule has 2 rings (SSSR count). The fraction of sp³-hybridized carbons (Fsp3) is 0.571. The number of piperidine rings is 1. The molecule has 3 heteroatoms. The van der Waals surface area contributed by atoms with Crippen molar-refractivity contribution < 1.29 is 4.74 Å². The van der Waals surface area contributed by atoms with E-state index in [0.717, 1.165) is 12.3 Å². The number of hydrogen-bond acceptors (Lipinski definition) is 2. The molecule has 0 radical (unpaired) electrons. The maximum Gasteiger partial charge on any atom is 0.119 e. The van der Waals surface area contributed by atoms with Crippen molar-refractivity contribution in [1.82, 2.24) is 4.90 Å². The largest absolute Gasteiger partial charge is 0.497 e. The molecule has 94 valence electrons. The van der Waals surface area contributed by atoms with E-state index in [4.69, 9.17) is 4.74 Å².